The van der Waals surface area contributed by atoms with E-state index in [-0.39, 0.29) is 24.6 Å². The van der Waals surface area contributed by atoms with E-state index in [9.17, 15) is 22.4 Å². The predicted octanol–water partition coefficient (Wildman–Crippen LogP) is 3.69. The van der Waals surface area contributed by atoms with E-state index in [1.165, 1.54) is 22.5 Å². The third kappa shape index (κ3) is 4.84. The number of rotatable bonds is 5. The van der Waals surface area contributed by atoms with E-state index in [1.54, 1.807) is 6.07 Å². The summed E-state index contributed by atoms with van der Waals surface area (Å²) in [7, 11) is -3.85. The largest absolute Gasteiger partial charge is 0.461 e. The molecule has 33 heavy (non-hydrogen) atoms. The van der Waals surface area contributed by atoms with E-state index in [0.717, 1.165) is 23.3 Å². The summed E-state index contributed by atoms with van der Waals surface area (Å²) in [6, 6.07) is 9.56. The molecule has 3 aromatic rings. The van der Waals surface area contributed by atoms with E-state index in [2.05, 4.69) is 0 Å². The van der Waals surface area contributed by atoms with Crippen LogP contribution in [0.3, 0.4) is 0 Å². The van der Waals surface area contributed by atoms with E-state index in [0.29, 0.717) is 29.4 Å². The van der Waals surface area contributed by atoms with Crippen molar-refractivity contribution in [2.24, 2.45) is 5.92 Å². The SMILES string of the molecule is Cc1cc2oc(=O)cc(COC(=O)C3CCCN(S(=O)(=O)c4ccc(F)cc4)C3)c2cc1C. The number of aryl methyl sites for hydroxylation is 2. The summed E-state index contributed by atoms with van der Waals surface area (Å²) in [4.78, 5) is 24.7. The number of esters is 1. The Hall–Kier alpha value is -3.04. The second-order valence-electron chi connectivity index (χ2n) is 8.29. The van der Waals surface area contributed by atoms with Crippen LogP contribution in [0.5, 0.6) is 0 Å². The van der Waals surface area contributed by atoms with E-state index in [4.69, 9.17) is 9.15 Å². The predicted molar refractivity (Wildman–Crippen MR) is 120 cm³/mol. The van der Waals surface area contributed by atoms with Crippen molar-refractivity contribution in [3.8, 4) is 0 Å². The summed E-state index contributed by atoms with van der Waals surface area (Å²) >= 11 is 0. The molecule has 0 bridgehead atoms. The number of hydrogen-bond donors (Lipinski definition) is 0. The summed E-state index contributed by atoms with van der Waals surface area (Å²) in [5, 5.41) is 0.689. The number of halogens is 1. The summed E-state index contributed by atoms with van der Waals surface area (Å²) in [6.45, 7) is 3.98. The summed E-state index contributed by atoms with van der Waals surface area (Å²) < 4.78 is 51.0. The Labute approximate surface area is 190 Å². The molecule has 1 aromatic heterocycles. The van der Waals surface area contributed by atoms with Gasteiger partial charge in [-0.05, 0) is 74.2 Å². The first-order valence-electron chi connectivity index (χ1n) is 10.6. The maximum absolute atomic E-state index is 13.2. The van der Waals surface area contributed by atoms with Gasteiger partial charge >= 0.3 is 11.6 Å². The number of carbonyl (C=O) groups excluding carboxylic acids is 1. The van der Waals surface area contributed by atoms with Crippen LogP contribution in [-0.2, 0) is 26.2 Å². The number of sulfonamides is 1. The Morgan fingerprint density at radius 1 is 1.15 bits per heavy atom. The smallest absolute Gasteiger partial charge is 0.336 e. The maximum Gasteiger partial charge on any atom is 0.336 e. The molecule has 7 nitrogen and oxygen atoms in total. The molecule has 1 aliphatic rings. The molecule has 0 saturated carbocycles. The van der Waals surface area contributed by atoms with Gasteiger partial charge in [0.25, 0.3) is 0 Å². The normalized spacial score (nSPS) is 17.2. The number of nitrogens with zero attached hydrogens (tertiary/aromatic N) is 1. The first kappa shape index (κ1) is 23.1. The molecular formula is C24H24FNO6S. The molecule has 1 saturated heterocycles. The molecule has 2 heterocycles. The molecule has 1 aliphatic heterocycles. The minimum Gasteiger partial charge on any atom is -0.461 e. The van der Waals surface area contributed by atoms with Gasteiger partial charge in [0.2, 0.25) is 10.0 Å². The molecule has 2 aromatic carbocycles. The van der Waals surface area contributed by atoms with Crippen LogP contribution in [0.25, 0.3) is 11.0 Å². The Bertz CT molecular complexity index is 1360. The summed E-state index contributed by atoms with van der Waals surface area (Å²) in [6.07, 6.45) is 0.987. The molecule has 4 rings (SSSR count). The van der Waals surface area contributed by atoms with E-state index < -0.39 is 33.4 Å². The third-order valence-corrected chi connectivity index (χ3v) is 7.86. The van der Waals surface area contributed by atoms with Crippen LogP contribution >= 0.6 is 0 Å². The lowest BCUT2D eigenvalue weighted by molar-refractivity contribution is -0.151. The van der Waals surface area contributed by atoms with Crippen molar-refractivity contribution in [1.82, 2.24) is 4.31 Å². The lowest BCUT2D eigenvalue weighted by Crippen LogP contribution is -2.42. The van der Waals surface area contributed by atoms with Gasteiger partial charge < -0.3 is 9.15 Å². The lowest BCUT2D eigenvalue weighted by Gasteiger charge is -2.30. The quantitative estimate of drug-likeness (QED) is 0.414. The Morgan fingerprint density at radius 3 is 2.58 bits per heavy atom. The van der Waals surface area contributed by atoms with E-state index >= 15 is 0 Å². The molecule has 9 heteroatoms. The van der Waals surface area contributed by atoms with Crippen LogP contribution in [-0.4, -0.2) is 31.8 Å². The van der Waals surface area contributed by atoms with Crippen LogP contribution in [0.4, 0.5) is 4.39 Å². The Balaban J connectivity index is 1.49. The number of ether oxygens (including phenoxy) is 1. The van der Waals surface area contributed by atoms with Crippen LogP contribution in [0.15, 0.2) is 56.6 Å². The number of hydrogen-bond acceptors (Lipinski definition) is 6. The first-order chi connectivity index (χ1) is 15.6. The topological polar surface area (TPSA) is 93.9 Å². The zero-order valence-corrected chi connectivity index (χ0v) is 19.2. The molecule has 0 aliphatic carbocycles. The standard InChI is InChI=1S/C24H24FNO6S/c1-15-10-21-18(12-23(27)32-22(21)11-16(15)2)14-31-24(28)17-4-3-9-26(13-17)33(29,30)20-7-5-19(25)6-8-20/h5-8,10-12,17H,3-4,9,13-14H2,1-2H3. The Morgan fingerprint density at radius 2 is 1.85 bits per heavy atom. The molecule has 1 unspecified atom stereocenters. The van der Waals surface area contributed by atoms with Crippen molar-refractivity contribution >= 4 is 27.0 Å². The highest BCUT2D eigenvalue weighted by Crippen LogP contribution is 2.26. The van der Waals surface area contributed by atoms with Crippen molar-refractivity contribution in [3.63, 3.8) is 0 Å². The molecular weight excluding hydrogens is 449 g/mol. The highest BCUT2D eigenvalue weighted by atomic mass is 32.2. The molecule has 0 N–H and O–H groups in total. The molecule has 0 spiro atoms. The van der Waals surface area contributed by atoms with Gasteiger partial charge in [0.1, 0.15) is 18.0 Å². The molecule has 0 radical (unpaired) electrons. The van der Waals surface area contributed by atoms with Gasteiger partial charge in [-0.3, -0.25) is 4.79 Å². The molecule has 0 amide bonds. The van der Waals surface area contributed by atoms with Gasteiger partial charge in [0.15, 0.2) is 0 Å². The maximum atomic E-state index is 13.2. The van der Waals surface area contributed by atoms with Gasteiger partial charge in [0.05, 0.1) is 10.8 Å². The average molecular weight is 474 g/mol. The number of benzene rings is 2. The van der Waals surface area contributed by atoms with Crippen LogP contribution in [0.2, 0.25) is 0 Å². The van der Waals surface area contributed by atoms with Crippen LogP contribution in [0, 0.1) is 25.6 Å². The second kappa shape index (κ2) is 9.07. The van der Waals surface area contributed by atoms with Crippen molar-refractivity contribution in [1.29, 1.82) is 0 Å². The lowest BCUT2D eigenvalue weighted by atomic mass is 10.00. The number of piperidine rings is 1. The Kier molecular flexibility index (Phi) is 6.36. The van der Waals surface area contributed by atoms with Gasteiger partial charge in [-0.15, -0.1) is 0 Å². The molecule has 1 atom stereocenters. The zero-order valence-electron chi connectivity index (χ0n) is 18.3. The summed E-state index contributed by atoms with van der Waals surface area (Å²) in [5.74, 6) is -1.69. The monoisotopic (exact) mass is 473 g/mol. The minimum absolute atomic E-state index is 0.0193. The van der Waals surface area contributed by atoms with Crippen LogP contribution in [0.1, 0.15) is 29.5 Å². The zero-order chi connectivity index (χ0) is 23.8. The minimum atomic E-state index is -3.85. The van der Waals surface area contributed by atoms with Gasteiger partial charge in [0, 0.05) is 30.1 Å². The second-order valence-corrected chi connectivity index (χ2v) is 10.2. The average Bonchev–Trinajstić information content (AvgIpc) is 2.79. The first-order valence-corrected chi connectivity index (χ1v) is 12.1. The van der Waals surface area contributed by atoms with Crippen molar-refractivity contribution in [3.05, 3.63) is 75.4 Å². The number of carbonyl (C=O) groups is 1. The van der Waals surface area contributed by atoms with Crippen LogP contribution < -0.4 is 5.63 Å². The van der Waals surface area contributed by atoms with Gasteiger partial charge in [-0.1, -0.05) is 0 Å². The van der Waals surface area contributed by atoms with Crippen molar-refractivity contribution < 1.29 is 26.8 Å². The van der Waals surface area contributed by atoms with Crippen molar-refractivity contribution in [2.75, 3.05) is 13.1 Å². The fraction of sp³-hybridized carbons (Fsp3) is 0.333. The highest BCUT2D eigenvalue weighted by molar-refractivity contribution is 7.89. The van der Waals surface area contributed by atoms with Crippen molar-refractivity contribution in [2.45, 2.75) is 38.2 Å². The fourth-order valence-corrected chi connectivity index (χ4v) is 5.50. The fourth-order valence-electron chi connectivity index (χ4n) is 3.98. The van der Waals surface area contributed by atoms with Gasteiger partial charge in [-0.25, -0.2) is 17.6 Å². The number of fused-ring (bicyclic) bond motifs is 1. The third-order valence-electron chi connectivity index (χ3n) is 5.98. The van der Waals surface area contributed by atoms with Gasteiger partial charge in [-0.2, -0.15) is 4.31 Å². The van der Waals surface area contributed by atoms with E-state index in [1.807, 2.05) is 19.9 Å². The molecule has 174 valence electrons. The highest BCUT2D eigenvalue weighted by Gasteiger charge is 2.34. The molecule has 1 fully saturated rings. The summed E-state index contributed by atoms with van der Waals surface area (Å²) in [5.41, 5.74) is 2.41.